The van der Waals surface area contributed by atoms with Gasteiger partial charge in [0.2, 0.25) is 0 Å². The highest BCUT2D eigenvalue weighted by atomic mass is 16.5. The fourth-order valence-electron chi connectivity index (χ4n) is 2.23. The summed E-state index contributed by atoms with van der Waals surface area (Å²) < 4.78 is 15.4. The highest BCUT2D eigenvalue weighted by Crippen LogP contribution is 2.25. The lowest BCUT2D eigenvalue weighted by molar-refractivity contribution is -0.148. The molecule has 6 heteroatoms. The van der Waals surface area contributed by atoms with Gasteiger partial charge in [-0.3, -0.25) is 9.59 Å². The molecule has 25 heavy (non-hydrogen) atoms. The van der Waals surface area contributed by atoms with Crippen molar-refractivity contribution in [1.29, 1.82) is 0 Å². The summed E-state index contributed by atoms with van der Waals surface area (Å²) in [6, 6.07) is 16.5. The standard InChI is InChI=1S/C19H21NO5/c1-23-16-10-6-7-11-17(16)25-14-18(21)20(13-19(22)24-2)12-15-8-4-3-5-9-15/h3-11H,12-14H2,1-2H3. The molecule has 0 aliphatic carbocycles. The molecule has 1 amide bonds. The zero-order valence-electron chi connectivity index (χ0n) is 14.3. The Balaban J connectivity index is 2.05. The van der Waals surface area contributed by atoms with E-state index < -0.39 is 5.97 Å². The summed E-state index contributed by atoms with van der Waals surface area (Å²) in [6.45, 7) is -0.0478. The average molecular weight is 343 g/mol. The molecule has 0 aliphatic heterocycles. The molecular formula is C19H21NO5. The van der Waals surface area contributed by atoms with Crippen molar-refractivity contribution in [2.75, 3.05) is 27.4 Å². The minimum atomic E-state index is -0.485. The van der Waals surface area contributed by atoms with Crippen molar-refractivity contribution in [2.24, 2.45) is 0 Å². The van der Waals surface area contributed by atoms with E-state index in [1.807, 2.05) is 36.4 Å². The number of hydrogen-bond acceptors (Lipinski definition) is 5. The molecular weight excluding hydrogens is 322 g/mol. The number of ether oxygens (including phenoxy) is 3. The monoisotopic (exact) mass is 343 g/mol. The van der Waals surface area contributed by atoms with Crippen molar-refractivity contribution >= 4 is 11.9 Å². The minimum Gasteiger partial charge on any atom is -0.493 e. The van der Waals surface area contributed by atoms with Crippen molar-refractivity contribution in [3.8, 4) is 11.5 Å². The van der Waals surface area contributed by atoms with Gasteiger partial charge in [-0.1, -0.05) is 42.5 Å². The number of carbonyl (C=O) groups is 2. The molecule has 0 spiro atoms. The van der Waals surface area contributed by atoms with Crippen molar-refractivity contribution in [2.45, 2.75) is 6.54 Å². The second-order valence-electron chi connectivity index (χ2n) is 5.25. The number of nitrogens with zero attached hydrogens (tertiary/aromatic N) is 1. The summed E-state index contributed by atoms with van der Waals surface area (Å²) in [5.74, 6) is 0.204. The van der Waals surface area contributed by atoms with Crippen molar-refractivity contribution in [1.82, 2.24) is 4.90 Å². The fourth-order valence-corrected chi connectivity index (χ4v) is 2.23. The molecule has 0 fully saturated rings. The van der Waals surface area contributed by atoms with Crippen LogP contribution in [0.1, 0.15) is 5.56 Å². The molecule has 2 aromatic carbocycles. The lowest BCUT2D eigenvalue weighted by Gasteiger charge is -2.22. The third-order valence-electron chi connectivity index (χ3n) is 3.54. The van der Waals surface area contributed by atoms with E-state index >= 15 is 0 Å². The van der Waals surface area contributed by atoms with Crippen LogP contribution in [0.25, 0.3) is 0 Å². The maximum absolute atomic E-state index is 12.5. The topological polar surface area (TPSA) is 65.1 Å². The van der Waals surface area contributed by atoms with Gasteiger partial charge in [0.05, 0.1) is 14.2 Å². The number of para-hydroxylation sites is 2. The summed E-state index contributed by atoms with van der Waals surface area (Å²) in [5.41, 5.74) is 0.914. The molecule has 0 aromatic heterocycles. The highest BCUT2D eigenvalue weighted by Gasteiger charge is 2.19. The third-order valence-corrected chi connectivity index (χ3v) is 3.54. The Hall–Kier alpha value is -3.02. The van der Waals surface area contributed by atoms with Crippen LogP contribution in [0.2, 0.25) is 0 Å². The second-order valence-corrected chi connectivity index (χ2v) is 5.25. The molecule has 0 unspecified atom stereocenters. The van der Waals surface area contributed by atoms with E-state index in [1.165, 1.54) is 19.1 Å². The van der Waals surface area contributed by atoms with Gasteiger partial charge in [0.25, 0.3) is 5.91 Å². The molecule has 0 aliphatic rings. The number of hydrogen-bond donors (Lipinski definition) is 0. The number of esters is 1. The van der Waals surface area contributed by atoms with E-state index in [0.717, 1.165) is 5.56 Å². The number of carbonyl (C=O) groups excluding carboxylic acids is 2. The van der Waals surface area contributed by atoms with Gasteiger partial charge in [-0.15, -0.1) is 0 Å². The maximum Gasteiger partial charge on any atom is 0.325 e. The van der Waals surface area contributed by atoms with Gasteiger partial charge >= 0.3 is 5.97 Å². The van der Waals surface area contributed by atoms with Crippen molar-refractivity contribution < 1.29 is 23.8 Å². The number of methoxy groups -OCH3 is 2. The van der Waals surface area contributed by atoms with E-state index in [9.17, 15) is 9.59 Å². The van der Waals surface area contributed by atoms with Crippen LogP contribution in [0.3, 0.4) is 0 Å². The van der Waals surface area contributed by atoms with Gasteiger partial charge in [0.1, 0.15) is 6.54 Å². The molecule has 0 saturated carbocycles. The molecule has 132 valence electrons. The van der Waals surface area contributed by atoms with Gasteiger partial charge in [-0.2, -0.15) is 0 Å². The molecule has 0 saturated heterocycles. The van der Waals surface area contributed by atoms with Crippen LogP contribution in [0.15, 0.2) is 54.6 Å². The highest BCUT2D eigenvalue weighted by molar-refractivity contribution is 5.83. The predicted octanol–water partition coefficient (Wildman–Crippen LogP) is 2.28. The fraction of sp³-hybridized carbons (Fsp3) is 0.263. The molecule has 0 heterocycles. The molecule has 0 bridgehead atoms. The predicted molar refractivity (Wildman–Crippen MR) is 92.4 cm³/mol. The summed E-state index contributed by atoms with van der Waals surface area (Å²) in [5, 5.41) is 0. The molecule has 0 atom stereocenters. The zero-order valence-corrected chi connectivity index (χ0v) is 14.3. The molecule has 0 radical (unpaired) electrons. The lowest BCUT2D eigenvalue weighted by atomic mass is 10.2. The smallest absolute Gasteiger partial charge is 0.325 e. The number of rotatable bonds is 8. The Morgan fingerprint density at radius 1 is 0.920 bits per heavy atom. The van der Waals surface area contributed by atoms with Crippen molar-refractivity contribution in [3.63, 3.8) is 0 Å². The Morgan fingerprint density at radius 3 is 2.20 bits per heavy atom. The Bertz CT molecular complexity index is 702. The summed E-state index contributed by atoms with van der Waals surface area (Å²) in [7, 11) is 2.82. The van der Waals surface area contributed by atoms with Crippen LogP contribution in [-0.4, -0.2) is 44.1 Å². The quantitative estimate of drug-likeness (QED) is 0.688. The van der Waals surface area contributed by atoms with E-state index in [0.29, 0.717) is 18.0 Å². The van der Waals surface area contributed by atoms with E-state index in [-0.39, 0.29) is 19.1 Å². The SMILES string of the molecule is COC(=O)CN(Cc1ccccc1)C(=O)COc1ccccc1OC. The van der Waals surface area contributed by atoms with Gasteiger partial charge in [0, 0.05) is 6.54 Å². The first-order valence-corrected chi connectivity index (χ1v) is 7.78. The number of benzene rings is 2. The molecule has 2 aromatic rings. The van der Waals surface area contributed by atoms with Crippen LogP contribution in [0.4, 0.5) is 0 Å². The van der Waals surface area contributed by atoms with Gasteiger partial charge in [-0.25, -0.2) is 0 Å². The lowest BCUT2D eigenvalue weighted by Crippen LogP contribution is -2.38. The zero-order chi connectivity index (χ0) is 18.1. The first kappa shape index (κ1) is 18.3. The Labute approximate surface area is 146 Å². The van der Waals surface area contributed by atoms with Crippen LogP contribution in [-0.2, 0) is 20.9 Å². The summed E-state index contributed by atoms with van der Waals surface area (Å²) >= 11 is 0. The first-order valence-electron chi connectivity index (χ1n) is 7.78. The van der Waals surface area contributed by atoms with Crippen LogP contribution < -0.4 is 9.47 Å². The van der Waals surface area contributed by atoms with E-state index in [4.69, 9.17) is 9.47 Å². The van der Waals surface area contributed by atoms with Crippen molar-refractivity contribution in [3.05, 3.63) is 60.2 Å². The van der Waals surface area contributed by atoms with Gasteiger partial charge in [0.15, 0.2) is 18.1 Å². The number of amides is 1. The Kier molecular flexibility index (Phi) is 6.83. The largest absolute Gasteiger partial charge is 0.493 e. The first-order chi connectivity index (χ1) is 12.1. The van der Waals surface area contributed by atoms with E-state index in [2.05, 4.69) is 4.74 Å². The normalized spacial score (nSPS) is 10.0. The summed E-state index contributed by atoms with van der Waals surface area (Å²) in [6.07, 6.45) is 0. The van der Waals surface area contributed by atoms with Crippen LogP contribution in [0, 0.1) is 0 Å². The maximum atomic E-state index is 12.5. The van der Waals surface area contributed by atoms with Gasteiger partial charge in [-0.05, 0) is 17.7 Å². The Morgan fingerprint density at radius 2 is 1.56 bits per heavy atom. The van der Waals surface area contributed by atoms with Crippen LogP contribution in [0.5, 0.6) is 11.5 Å². The molecule has 2 rings (SSSR count). The second kappa shape index (κ2) is 9.32. The average Bonchev–Trinajstić information content (AvgIpc) is 2.66. The summed E-state index contributed by atoms with van der Waals surface area (Å²) in [4.78, 5) is 25.5. The molecule has 6 nitrogen and oxygen atoms in total. The van der Waals surface area contributed by atoms with E-state index in [1.54, 1.807) is 18.2 Å². The third kappa shape index (κ3) is 5.53. The van der Waals surface area contributed by atoms with Gasteiger partial charge < -0.3 is 19.1 Å². The minimum absolute atomic E-state index is 0.139. The van der Waals surface area contributed by atoms with Crippen LogP contribution >= 0.6 is 0 Å². The molecule has 0 N–H and O–H groups in total.